The lowest BCUT2D eigenvalue weighted by Gasteiger charge is -2.11. The van der Waals surface area contributed by atoms with Crippen LogP contribution in [0.2, 0.25) is 0 Å². The normalized spacial score (nSPS) is 10.3. The third kappa shape index (κ3) is 3.02. The van der Waals surface area contributed by atoms with Crippen LogP contribution in [0.25, 0.3) is 0 Å². The van der Waals surface area contributed by atoms with Crippen LogP contribution in [0.15, 0.2) is 24.3 Å². The van der Waals surface area contributed by atoms with Gasteiger partial charge in [-0.2, -0.15) is 0 Å². The van der Waals surface area contributed by atoms with Crippen LogP contribution in [0.1, 0.15) is 20.7 Å². The van der Waals surface area contributed by atoms with E-state index in [9.17, 15) is 35.1 Å². The number of phenolic OH excluding ortho intramolecular Hbond substituents is 4. The third-order valence-electron chi connectivity index (χ3n) is 2.80. The maximum Gasteiger partial charge on any atom is 0.347 e. The van der Waals surface area contributed by atoms with Crippen molar-refractivity contribution in [2.75, 3.05) is 0 Å². The highest BCUT2D eigenvalue weighted by atomic mass is 16.5. The van der Waals surface area contributed by atoms with Gasteiger partial charge in [0, 0.05) is 24.3 Å². The van der Waals surface area contributed by atoms with Crippen molar-refractivity contribution in [3.05, 3.63) is 35.4 Å². The Balaban J connectivity index is 2.46. The summed E-state index contributed by atoms with van der Waals surface area (Å²) in [6.45, 7) is 0. The molecule has 9 nitrogen and oxygen atoms in total. The van der Waals surface area contributed by atoms with Gasteiger partial charge in [-0.15, -0.1) is 0 Å². The quantitative estimate of drug-likeness (QED) is 0.210. The molecule has 0 aliphatic carbocycles. The zero-order chi connectivity index (χ0) is 17.3. The second-order valence-electron chi connectivity index (χ2n) is 4.39. The summed E-state index contributed by atoms with van der Waals surface area (Å²) in [5.74, 6) is -7.11. The predicted octanol–water partition coefficient (Wildman–Crippen LogP) is 1.13. The van der Waals surface area contributed by atoms with Gasteiger partial charge in [0.2, 0.25) is 0 Å². The van der Waals surface area contributed by atoms with Crippen molar-refractivity contribution in [3.8, 4) is 34.5 Å². The highest BCUT2D eigenvalue weighted by Crippen LogP contribution is 2.36. The van der Waals surface area contributed by atoms with Crippen molar-refractivity contribution in [1.29, 1.82) is 0 Å². The van der Waals surface area contributed by atoms with Gasteiger partial charge in [0.25, 0.3) is 0 Å². The van der Waals surface area contributed by atoms with E-state index in [0.717, 1.165) is 12.1 Å². The summed E-state index contributed by atoms with van der Waals surface area (Å²) >= 11 is 0. The third-order valence-corrected chi connectivity index (χ3v) is 2.80. The van der Waals surface area contributed by atoms with E-state index in [1.807, 2.05) is 0 Å². The van der Waals surface area contributed by atoms with E-state index in [1.165, 1.54) is 0 Å². The number of aromatic hydroxyl groups is 5. The van der Waals surface area contributed by atoms with Crippen molar-refractivity contribution < 1.29 is 45.0 Å². The highest BCUT2D eigenvalue weighted by molar-refractivity contribution is 5.99. The summed E-state index contributed by atoms with van der Waals surface area (Å²) < 4.78 is 4.74. The molecule has 6 N–H and O–H groups in total. The highest BCUT2D eigenvalue weighted by Gasteiger charge is 2.23. The van der Waals surface area contributed by atoms with Gasteiger partial charge >= 0.3 is 11.9 Å². The van der Waals surface area contributed by atoms with Gasteiger partial charge in [-0.3, -0.25) is 0 Å². The maximum absolute atomic E-state index is 12.0. The number of carboxylic acid groups (broad SMARTS) is 1. The van der Waals surface area contributed by atoms with Crippen molar-refractivity contribution in [2.45, 2.75) is 0 Å². The fourth-order valence-corrected chi connectivity index (χ4v) is 1.77. The zero-order valence-corrected chi connectivity index (χ0v) is 11.2. The van der Waals surface area contributed by atoms with Crippen LogP contribution in [0.4, 0.5) is 0 Å². The van der Waals surface area contributed by atoms with Gasteiger partial charge in [0.1, 0.15) is 28.4 Å². The standard InChI is InChI=1S/C14H10O9/c15-5-1-10(19)12(13(20)21)11(2-5)23-14(22)6-3-8(17)9(18)4-7(6)16/h1-4,15-19H,(H,20,21). The fraction of sp³-hybridized carbons (Fsp3) is 0. The number of esters is 1. The van der Waals surface area contributed by atoms with Crippen LogP contribution in [0, 0.1) is 0 Å². The van der Waals surface area contributed by atoms with Crippen LogP contribution >= 0.6 is 0 Å². The van der Waals surface area contributed by atoms with Crippen molar-refractivity contribution in [1.82, 2.24) is 0 Å². The van der Waals surface area contributed by atoms with E-state index < -0.39 is 57.6 Å². The molecule has 0 bridgehead atoms. The Morgan fingerprint density at radius 3 is 2.00 bits per heavy atom. The Kier molecular flexibility index (Phi) is 3.86. The van der Waals surface area contributed by atoms with Gasteiger partial charge in [-0.25, -0.2) is 9.59 Å². The molecule has 0 heterocycles. The minimum absolute atomic E-state index is 0.562. The average Bonchev–Trinajstić information content (AvgIpc) is 2.41. The molecule has 9 heteroatoms. The molecule has 0 saturated heterocycles. The van der Waals surface area contributed by atoms with Crippen LogP contribution < -0.4 is 4.74 Å². The number of hydrogen-bond donors (Lipinski definition) is 6. The number of ether oxygens (including phenoxy) is 1. The van der Waals surface area contributed by atoms with E-state index in [0.29, 0.717) is 12.1 Å². The molecule has 0 atom stereocenters. The molecule has 0 aliphatic heterocycles. The number of phenols is 5. The van der Waals surface area contributed by atoms with Crippen LogP contribution in [-0.4, -0.2) is 42.6 Å². The van der Waals surface area contributed by atoms with E-state index in [4.69, 9.17) is 9.84 Å². The molecule has 2 aromatic carbocycles. The molecule has 0 aromatic heterocycles. The van der Waals surface area contributed by atoms with Crippen LogP contribution in [-0.2, 0) is 0 Å². The predicted molar refractivity (Wildman–Crippen MR) is 73.1 cm³/mol. The summed E-state index contributed by atoms with van der Waals surface area (Å²) in [7, 11) is 0. The van der Waals surface area contributed by atoms with Crippen LogP contribution in [0.3, 0.4) is 0 Å². The van der Waals surface area contributed by atoms with Gasteiger partial charge in [-0.1, -0.05) is 0 Å². The molecule has 0 unspecified atom stereocenters. The van der Waals surface area contributed by atoms with Gasteiger partial charge in [0.05, 0.1) is 0 Å². The number of carbonyl (C=O) groups is 2. The minimum atomic E-state index is -1.62. The number of carbonyl (C=O) groups excluding carboxylic acids is 1. The van der Waals surface area contributed by atoms with Crippen molar-refractivity contribution in [3.63, 3.8) is 0 Å². The molecule has 2 aromatic rings. The lowest BCUT2D eigenvalue weighted by molar-refractivity contribution is 0.0677. The molecular formula is C14H10O9. The fourth-order valence-electron chi connectivity index (χ4n) is 1.77. The molecule has 0 radical (unpaired) electrons. The van der Waals surface area contributed by atoms with E-state index >= 15 is 0 Å². The number of benzene rings is 2. The average molecular weight is 322 g/mol. The molecule has 23 heavy (non-hydrogen) atoms. The SMILES string of the molecule is O=C(Oc1cc(O)cc(O)c1C(=O)O)c1cc(O)c(O)cc1O. The summed E-state index contributed by atoms with van der Waals surface area (Å²) in [4.78, 5) is 23.0. The smallest absolute Gasteiger partial charge is 0.347 e. The monoisotopic (exact) mass is 322 g/mol. The molecule has 0 fully saturated rings. The van der Waals surface area contributed by atoms with Gasteiger partial charge < -0.3 is 35.4 Å². The Morgan fingerprint density at radius 1 is 0.783 bits per heavy atom. The summed E-state index contributed by atoms with van der Waals surface area (Å²) in [5.41, 5.74) is -1.35. The summed E-state index contributed by atoms with van der Waals surface area (Å²) in [5, 5.41) is 55.9. The van der Waals surface area contributed by atoms with E-state index in [2.05, 4.69) is 0 Å². The Bertz CT molecular complexity index is 810. The topological polar surface area (TPSA) is 165 Å². The molecule has 2 rings (SSSR count). The van der Waals surface area contributed by atoms with Crippen LogP contribution in [0.5, 0.6) is 34.5 Å². The number of aromatic carboxylic acids is 1. The lowest BCUT2D eigenvalue weighted by Crippen LogP contribution is -2.12. The first-order valence-corrected chi connectivity index (χ1v) is 5.97. The van der Waals surface area contributed by atoms with Crippen molar-refractivity contribution >= 4 is 11.9 Å². The molecule has 0 spiro atoms. The number of carboxylic acids is 1. The first kappa shape index (κ1) is 15.8. The van der Waals surface area contributed by atoms with Crippen molar-refractivity contribution in [2.24, 2.45) is 0 Å². The number of hydrogen-bond acceptors (Lipinski definition) is 8. The molecule has 0 aliphatic rings. The second-order valence-corrected chi connectivity index (χ2v) is 4.39. The first-order valence-electron chi connectivity index (χ1n) is 5.97. The summed E-state index contributed by atoms with van der Waals surface area (Å²) in [6.07, 6.45) is 0. The maximum atomic E-state index is 12.0. The summed E-state index contributed by atoms with van der Waals surface area (Å²) in [6, 6.07) is 2.91. The van der Waals surface area contributed by atoms with Gasteiger partial charge in [-0.05, 0) is 0 Å². The van der Waals surface area contributed by atoms with E-state index in [-0.39, 0.29) is 0 Å². The lowest BCUT2D eigenvalue weighted by atomic mass is 10.1. The molecule has 0 amide bonds. The minimum Gasteiger partial charge on any atom is -0.508 e. The first-order chi connectivity index (χ1) is 10.7. The largest absolute Gasteiger partial charge is 0.508 e. The zero-order valence-electron chi connectivity index (χ0n) is 11.2. The Morgan fingerprint density at radius 2 is 1.39 bits per heavy atom. The molecular weight excluding hydrogens is 312 g/mol. The number of rotatable bonds is 3. The Hall–Kier alpha value is -3.62. The van der Waals surface area contributed by atoms with E-state index in [1.54, 1.807) is 0 Å². The second kappa shape index (κ2) is 5.64. The molecule has 0 saturated carbocycles. The molecule has 120 valence electrons. The van der Waals surface area contributed by atoms with Gasteiger partial charge in [0.15, 0.2) is 17.2 Å². The Labute approximate surface area is 127 Å².